The van der Waals surface area contributed by atoms with Crippen molar-refractivity contribution < 1.29 is 14.3 Å². The van der Waals surface area contributed by atoms with Gasteiger partial charge in [-0.3, -0.25) is 9.59 Å². The molecule has 26 heavy (non-hydrogen) atoms. The zero-order chi connectivity index (χ0) is 18.1. The maximum Gasteiger partial charge on any atom is 0.251 e. The fourth-order valence-corrected chi connectivity index (χ4v) is 4.19. The maximum atomic E-state index is 12.4. The van der Waals surface area contributed by atoms with E-state index in [4.69, 9.17) is 4.74 Å². The van der Waals surface area contributed by atoms with E-state index >= 15 is 0 Å². The molecule has 2 bridgehead atoms. The van der Waals surface area contributed by atoms with Gasteiger partial charge in [-0.15, -0.1) is 0 Å². The first-order chi connectivity index (χ1) is 12.6. The van der Waals surface area contributed by atoms with E-state index < -0.39 is 0 Å². The molecule has 4 rings (SSSR count). The first kappa shape index (κ1) is 17.0. The van der Waals surface area contributed by atoms with Crippen LogP contribution in [-0.4, -0.2) is 34.3 Å². The molecule has 136 valence electrons. The van der Waals surface area contributed by atoms with Crippen LogP contribution in [-0.2, 0) is 4.79 Å². The van der Waals surface area contributed by atoms with Gasteiger partial charge in [-0.1, -0.05) is 0 Å². The number of amides is 2. The smallest absolute Gasteiger partial charge is 0.251 e. The van der Waals surface area contributed by atoms with E-state index in [-0.39, 0.29) is 17.9 Å². The molecule has 2 amide bonds. The molecule has 3 atom stereocenters. The Morgan fingerprint density at radius 3 is 2.73 bits per heavy atom. The first-order valence-electron chi connectivity index (χ1n) is 8.66. The molecule has 1 aromatic heterocycles. The molecule has 3 N–H and O–H groups in total. The van der Waals surface area contributed by atoms with Crippen molar-refractivity contribution in [3.8, 4) is 11.6 Å². The van der Waals surface area contributed by atoms with E-state index in [1.54, 1.807) is 30.3 Å². The van der Waals surface area contributed by atoms with Crippen LogP contribution in [0.4, 0.5) is 5.00 Å². The summed E-state index contributed by atoms with van der Waals surface area (Å²) >= 11 is 1.15. The van der Waals surface area contributed by atoms with Crippen molar-refractivity contribution in [1.82, 2.24) is 15.0 Å². The summed E-state index contributed by atoms with van der Waals surface area (Å²) in [4.78, 5) is 23.5. The normalized spacial score (nSPS) is 23.7. The topological polar surface area (TPSA) is 92.3 Å². The molecule has 2 saturated heterocycles. The number of hydrogen-bond donors (Lipinski definition) is 3. The van der Waals surface area contributed by atoms with Crippen LogP contribution in [0.25, 0.3) is 0 Å². The molecule has 2 aliphatic rings. The molecule has 0 unspecified atom stereocenters. The van der Waals surface area contributed by atoms with E-state index in [1.807, 2.05) is 0 Å². The lowest BCUT2D eigenvalue weighted by molar-refractivity contribution is -0.114. The summed E-state index contributed by atoms with van der Waals surface area (Å²) in [6.07, 6.45) is 3.36. The van der Waals surface area contributed by atoms with Crippen LogP contribution in [0.5, 0.6) is 11.6 Å². The average Bonchev–Trinajstić information content (AvgIpc) is 3.32. The lowest BCUT2D eigenvalue weighted by atomic mass is 9.95. The fraction of sp³-hybridized carbons (Fsp3) is 0.389. The van der Waals surface area contributed by atoms with Crippen molar-refractivity contribution in [2.24, 2.45) is 0 Å². The van der Waals surface area contributed by atoms with Crippen LogP contribution in [0.1, 0.15) is 36.5 Å². The molecule has 2 aromatic rings. The van der Waals surface area contributed by atoms with E-state index in [0.717, 1.165) is 24.4 Å². The summed E-state index contributed by atoms with van der Waals surface area (Å²) in [5.74, 6) is 0.783. The van der Waals surface area contributed by atoms with Gasteiger partial charge in [0.05, 0.1) is 0 Å². The molecule has 0 aliphatic carbocycles. The zero-order valence-corrected chi connectivity index (χ0v) is 15.1. The number of nitrogens with zero attached hydrogens (tertiary/aromatic N) is 1. The van der Waals surface area contributed by atoms with Gasteiger partial charge in [0.1, 0.15) is 10.8 Å². The number of carbonyl (C=O) groups is 2. The van der Waals surface area contributed by atoms with Gasteiger partial charge in [0.15, 0.2) is 0 Å². The fourth-order valence-electron chi connectivity index (χ4n) is 3.57. The number of hydrogen-bond acceptors (Lipinski definition) is 6. The van der Waals surface area contributed by atoms with Gasteiger partial charge in [0.25, 0.3) is 5.91 Å². The second kappa shape index (κ2) is 7.05. The minimum absolute atomic E-state index is 0.0579. The van der Waals surface area contributed by atoms with Crippen LogP contribution in [0, 0.1) is 0 Å². The highest BCUT2D eigenvalue weighted by Gasteiger charge is 2.39. The van der Waals surface area contributed by atoms with E-state index in [9.17, 15) is 9.59 Å². The summed E-state index contributed by atoms with van der Waals surface area (Å²) in [5.41, 5.74) is 0.609. The molecule has 3 heterocycles. The highest BCUT2D eigenvalue weighted by Crippen LogP contribution is 2.29. The number of carbonyl (C=O) groups excluding carboxylic acids is 2. The summed E-state index contributed by atoms with van der Waals surface area (Å²) in [6, 6.07) is 9.82. The molecule has 8 heteroatoms. The van der Waals surface area contributed by atoms with Gasteiger partial charge in [0, 0.05) is 36.7 Å². The lowest BCUT2D eigenvalue weighted by Gasteiger charge is -2.21. The highest BCUT2D eigenvalue weighted by molar-refractivity contribution is 7.10. The molecule has 1 aromatic carbocycles. The Morgan fingerprint density at radius 2 is 2.08 bits per heavy atom. The zero-order valence-electron chi connectivity index (χ0n) is 14.3. The van der Waals surface area contributed by atoms with Crippen molar-refractivity contribution >= 4 is 28.3 Å². The standard InChI is InChI=1S/C18H20N4O3S/c1-10(23)19-17-9-16(22-26-17)25-13-5-2-11(3-6-13)18(24)21-15-8-12-4-7-14(15)20-12/h2-3,5-6,9,12,14-15,20H,4,7-8H2,1H3,(H,19,23)(H,21,24)/t12-,14+,15-/m1/s1. The summed E-state index contributed by atoms with van der Waals surface area (Å²) in [6.45, 7) is 1.44. The van der Waals surface area contributed by atoms with Crippen LogP contribution in [0.15, 0.2) is 30.3 Å². The Morgan fingerprint density at radius 1 is 1.27 bits per heavy atom. The molecule has 0 spiro atoms. The molecule has 2 aliphatic heterocycles. The quantitative estimate of drug-likeness (QED) is 0.750. The van der Waals surface area contributed by atoms with Gasteiger partial charge in [-0.05, 0) is 55.1 Å². The Hall–Kier alpha value is -2.45. The van der Waals surface area contributed by atoms with Gasteiger partial charge in [-0.25, -0.2) is 0 Å². The molecular formula is C18H20N4O3S. The second-order valence-electron chi connectivity index (χ2n) is 6.70. The van der Waals surface area contributed by atoms with Crippen molar-refractivity contribution in [2.45, 2.75) is 44.3 Å². The lowest BCUT2D eigenvalue weighted by Crippen LogP contribution is -2.42. The van der Waals surface area contributed by atoms with Gasteiger partial charge in [-0.2, -0.15) is 4.37 Å². The number of benzene rings is 1. The van der Waals surface area contributed by atoms with Gasteiger partial charge in [0.2, 0.25) is 11.8 Å². The molecule has 2 fully saturated rings. The highest BCUT2D eigenvalue weighted by atomic mass is 32.1. The van der Waals surface area contributed by atoms with Crippen LogP contribution in [0.2, 0.25) is 0 Å². The van der Waals surface area contributed by atoms with E-state index in [2.05, 4.69) is 20.3 Å². The number of ether oxygens (including phenoxy) is 1. The average molecular weight is 372 g/mol. The van der Waals surface area contributed by atoms with Crippen molar-refractivity contribution in [3.05, 3.63) is 35.9 Å². The molecule has 0 radical (unpaired) electrons. The second-order valence-corrected chi connectivity index (χ2v) is 7.51. The molecular weight excluding hydrogens is 352 g/mol. The number of aromatic nitrogens is 1. The van der Waals surface area contributed by atoms with Crippen LogP contribution in [0.3, 0.4) is 0 Å². The number of anilines is 1. The number of fused-ring (bicyclic) bond motifs is 2. The maximum absolute atomic E-state index is 12.4. The first-order valence-corrected chi connectivity index (χ1v) is 9.43. The monoisotopic (exact) mass is 372 g/mol. The Labute approximate surface area is 155 Å². The third-order valence-electron chi connectivity index (χ3n) is 4.74. The number of nitrogens with one attached hydrogen (secondary N) is 3. The summed E-state index contributed by atoms with van der Waals surface area (Å²) in [7, 11) is 0. The SMILES string of the molecule is CC(=O)Nc1cc(Oc2ccc(C(=O)N[C@@H]3C[C@H]4CC[C@@H]3N4)cc2)ns1. The third kappa shape index (κ3) is 3.71. The summed E-state index contributed by atoms with van der Waals surface area (Å²) in [5, 5.41) is 9.93. The van der Waals surface area contributed by atoms with Crippen molar-refractivity contribution in [1.29, 1.82) is 0 Å². The number of rotatable bonds is 5. The Kier molecular flexibility index (Phi) is 4.60. The van der Waals surface area contributed by atoms with Crippen LogP contribution < -0.4 is 20.7 Å². The van der Waals surface area contributed by atoms with E-state index in [1.165, 1.54) is 13.3 Å². The van der Waals surface area contributed by atoms with Gasteiger partial charge < -0.3 is 20.7 Å². The predicted octanol–water partition coefficient (Wildman–Crippen LogP) is 2.52. The van der Waals surface area contributed by atoms with Gasteiger partial charge >= 0.3 is 0 Å². The van der Waals surface area contributed by atoms with Crippen molar-refractivity contribution in [2.75, 3.05) is 5.32 Å². The Balaban J connectivity index is 1.35. The third-order valence-corrected chi connectivity index (χ3v) is 5.43. The minimum atomic E-state index is -0.152. The van der Waals surface area contributed by atoms with E-state index in [0.29, 0.717) is 34.3 Å². The largest absolute Gasteiger partial charge is 0.438 e. The molecule has 7 nitrogen and oxygen atoms in total. The van der Waals surface area contributed by atoms with Crippen LogP contribution >= 0.6 is 11.5 Å². The Bertz CT molecular complexity index is 820. The van der Waals surface area contributed by atoms with Crippen molar-refractivity contribution in [3.63, 3.8) is 0 Å². The minimum Gasteiger partial charge on any atom is -0.438 e. The predicted molar refractivity (Wildman–Crippen MR) is 98.8 cm³/mol. The summed E-state index contributed by atoms with van der Waals surface area (Å²) < 4.78 is 9.79. The molecule has 0 saturated carbocycles.